The molecule has 0 heterocycles. The third-order valence-electron chi connectivity index (χ3n) is 1.94. The van der Waals surface area contributed by atoms with E-state index in [-0.39, 0.29) is 0 Å². The average molecular weight is 349 g/mol. The summed E-state index contributed by atoms with van der Waals surface area (Å²) in [6, 6.07) is 3.30. The molecule has 0 aliphatic rings. The van der Waals surface area contributed by atoms with Crippen LogP contribution >= 0.6 is 22.6 Å². The number of halogens is 1. The molecular weight excluding hydrogens is 333 g/mol. The highest BCUT2D eigenvalue weighted by Gasteiger charge is 2.21. The number of nitrogen functional groups attached to an aromatic ring is 1. The first kappa shape index (κ1) is 14.1. The second kappa shape index (κ2) is 5.12. The van der Waals surface area contributed by atoms with Crippen molar-refractivity contribution in [3.8, 4) is 5.75 Å². The molecule has 0 saturated heterocycles. The van der Waals surface area contributed by atoms with Gasteiger partial charge in [-0.3, -0.25) is 0 Å². The minimum atomic E-state index is -0.533. The van der Waals surface area contributed by atoms with Gasteiger partial charge >= 0.3 is 5.97 Å². The molecule has 1 aromatic carbocycles. The van der Waals surface area contributed by atoms with Crippen LogP contribution in [0.5, 0.6) is 5.75 Å². The number of carbonyl (C=O) groups is 1. The Kier molecular flexibility index (Phi) is 4.24. The monoisotopic (exact) mass is 349 g/mol. The fourth-order valence-electron chi connectivity index (χ4n) is 1.24. The van der Waals surface area contributed by atoms with E-state index in [1.807, 2.05) is 20.8 Å². The zero-order valence-electron chi connectivity index (χ0n) is 10.3. The molecule has 0 bridgehead atoms. The topological polar surface area (TPSA) is 61.5 Å². The molecule has 2 N–H and O–H groups in total. The Hall–Kier alpha value is -0.980. The first-order valence-electron chi connectivity index (χ1n) is 5.11. The highest BCUT2D eigenvalue weighted by atomic mass is 127. The summed E-state index contributed by atoms with van der Waals surface area (Å²) < 4.78 is 11.2. The number of anilines is 1. The number of methoxy groups -OCH3 is 1. The van der Waals surface area contributed by atoms with Gasteiger partial charge in [0.25, 0.3) is 0 Å². The van der Waals surface area contributed by atoms with E-state index in [0.29, 0.717) is 17.0 Å². The van der Waals surface area contributed by atoms with Crippen LogP contribution in [0.4, 0.5) is 5.69 Å². The summed E-state index contributed by atoms with van der Waals surface area (Å²) in [7, 11) is 1.56. The molecule has 0 aliphatic carbocycles. The quantitative estimate of drug-likeness (QED) is 0.507. The lowest BCUT2D eigenvalue weighted by Gasteiger charge is -2.20. The van der Waals surface area contributed by atoms with Crippen molar-refractivity contribution in [3.63, 3.8) is 0 Å². The molecule has 94 valence electrons. The molecule has 0 amide bonds. The van der Waals surface area contributed by atoms with Gasteiger partial charge in [0, 0.05) is 11.8 Å². The lowest BCUT2D eigenvalue weighted by Crippen LogP contribution is -2.24. The van der Waals surface area contributed by atoms with Gasteiger partial charge in [-0.05, 0) is 49.4 Å². The van der Waals surface area contributed by atoms with E-state index in [9.17, 15) is 4.79 Å². The molecule has 1 rings (SSSR count). The Bertz CT molecular complexity index is 438. The van der Waals surface area contributed by atoms with E-state index in [4.69, 9.17) is 15.2 Å². The second-order valence-corrected chi connectivity index (χ2v) is 5.74. The number of ether oxygens (including phenoxy) is 2. The molecule has 5 heteroatoms. The van der Waals surface area contributed by atoms with E-state index < -0.39 is 11.6 Å². The number of nitrogens with two attached hydrogens (primary N) is 1. The van der Waals surface area contributed by atoms with E-state index >= 15 is 0 Å². The van der Waals surface area contributed by atoms with Gasteiger partial charge < -0.3 is 15.2 Å². The molecule has 0 fully saturated rings. The SMILES string of the molecule is COc1cc(N)c(C(=O)OC(C)(C)C)cc1I. The lowest BCUT2D eigenvalue weighted by molar-refractivity contribution is 0.00707. The standard InChI is InChI=1S/C12H16INO3/c1-12(2,3)17-11(15)7-5-8(13)10(16-4)6-9(7)14/h5-6H,14H2,1-4H3. The summed E-state index contributed by atoms with van der Waals surface area (Å²) in [5, 5.41) is 0. The van der Waals surface area contributed by atoms with Gasteiger partial charge in [0.1, 0.15) is 11.4 Å². The van der Waals surface area contributed by atoms with Gasteiger partial charge in [0.05, 0.1) is 16.2 Å². The van der Waals surface area contributed by atoms with Gasteiger partial charge in [-0.15, -0.1) is 0 Å². The van der Waals surface area contributed by atoms with Crippen molar-refractivity contribution in [1.82, 2.24) is 0 Å². The van der Waals surface area contributed by atoms with Crippen LogP contribution in [0.15, 0.2) is 12.1 Å². The summed E-state index contributed by atoms with van der Waals surface area (Å²) in [4.78, 5) is 11.9. The number of esters is 1. The zero-order chi connectivity index (χ0) is 13.2. The van der Waals surface area contributed by atoms with Crippen molar-refractivity contribution in [1.29, 1.82) is 0 Å². The Morgan fingerprint density at radius 3 is 2.41 bits per heavy atom. The highest BCUT2D eigenvalue weighted by molar-refractivity contribution is 14.1. The number of hydrogen-bond donors (Lipinski definition) is 1. The first-order valence-corrected chi connectivity index (χ1v) is 6.19. The zero-order valence-corrected chi connectivity index (χ0v) is 12.5. The normalized spacial score (nSPS) is 11.1. The van der Waals surface area contributed by atoms with E-state index in [1.54, 1.807) is 19.2 Å². The molecule has 0 radical (unpaired) electrons. The minimum Gasteiger partial charge on any atom is -0.496 e. The molecule has 0 aliphatic heterocycles. The van der Waals surface area contributed by atoms with Crippen LogP contribution in [0.25, 0.3) is 0 Å². The van der Waals surface area contributed by atoms with Crippen molar-refractivity contribution in [2.75, 3.05) is 12.8 Å². The summed E-state index contributed by atoms with van der Waals surface area (Å²) in [5.74, 6) is 0.228. The Balaban J connectivity index is 3.07. The fraction of sp³-hybridized carbons (Fsp3) is 0.417. The summed E-state index contributed by atoms with van der Waals surface area (Å²) in [6.45, 7) is 5.45. The predicted molar refractivity (Wildman–Crippen MR) is 75.3 cm³/mol. The number of carbonyl (C=O) groups excluding carboxylic acids is 1. The molecular formula is C12H16INO3. The highest BCUT2D eigenvalue weighted by Crippen LogP contribution is 2.28. The fourth-order valence-corrected chi connectivity index (χ4v) is 1.92. The van der Waals surface area contributed by atoms with E-state index in [2.05, 4.69) is 22.6 Å². The van der Waals surface area contributed by atoms with Gasteiger partial charge in [-0.1, -0.05) is 0 Å². The van der Waals surface area contributed by atoms with Crippen molar-refractivity contribution in [2.45, 2.75) is 26.4 Å². The summed E-state index contributed by atoms with van der Waals surface area (Å²) >= 11 is 2.08. The van der Waals surface area contributed by atoms with Crippen LogP contribution in [0.2, 0.25) is 0 Å². The van der Waals surface area contributed by atoms with Gasteiger partial charge in [-0.25, -0.2) is 4.79 Å². The molecule has 0 unspecified atom stereocenters. The number of benzene rings is 1. The first-order chi connectivity index (χ1) is 7.74. The largest absolute Gasteiger partial charge is 0.496 e. The van der Waals surface area contributed by atoms with Crippen LogP contribution < -0.4 is 10.5 Å². The molecule has 0 saturated carbocycles. The maximum absolute atomic E-state index is 11.9. The molecule has 0 aromatic heterocycles. The van der Waals surface area contributed by atoms with Crippen molar-refractivity contribution in [3.05, 3.63) is 21.3 Å². The molecule has 0 spiro atoms. The second-order valence-electron chi connectivity index (χ2n) is 4.58. The average Bonchev–Trinajstić information content (AvgIpc) is 2.18. The minimum absolute atomic E-state index is 0.358. The van der Waals surface area contributed by atoms with Crippen LogP contribution in [0.3, 0.4) is 0 Å². The maximum Gasteiger partial charge on any atom is 0.340 e. The Labute approximate surface area is 115 Å². The van der Waals surface area contributed by atoms with E-state index in [0.717, 1.165) is 3.57 Å². The van der Waals surface area contributed by atoms with Crippen LogP contribution in [0.1, 0.15) is 31.1 Å². The molecule has 1 aromatic rings. The third kappa shape index (κ3) is 3.76. The van der Waals surface area contributed by atoms with E-state index in [1.165, 1.54) is 0 Å². The van der Waals surface area contributed by atoms with Gasteiger partial charge in [0.15, 0.2) is 0 Å². The number of hydrogen-bond acceptors (Lipinski definition) is 4. The predicted octanol–water partition coefficient (Wildman–Crippen LogP) is 2.84. The van der Waals surface area contributed by atoms with Crippen LogP contribution in [-0.2, 0) is 4.74 Å². The Morgan fingerprint density at radius 1 is 1.35 bits per heavy atom. The Morgan fingerprint density at radius 2 is 1.94 bits per heavy atom. The smallest absolute Gasteiger partial charge is 0.340 e. The van der Waals surface area contributed by atoms with Crippen molar-refractivity contribution < 1.29 is 14.3 Å². The third-order valence-corrected chi connectivity index (χ3v) is 2.79. The van der Waals surface area contributed by atoms with Gasteiger partial charge in [-0.2, -0.15) is 0 Å². The maximum atomic E-state index is 11.9. The summed E-state index contributed by atoms with van der Waals surface area (Å²) in [5.41, 5.74) is 5.99. The van der Waals surface area contributed by atoms with Crippen LogP contribution in [-0.4, -0.2) is 18.7 Å². The molecule has 0 atom stereocenters. The number of rotatable bonds is 2. The van der Waals surface area contributed by atoms with Crippen molar-refractivity contribution >= 4 is 34.2 Å². The summed E-state index contributed by atoms with van der Waals surface area (Å²) in [6.07, 6.45) is 0. The molecule has 17 heavy (non-hydrogen) atoms. The molecule has 4 nitrogen and oxygen atoms in total. The van der Waals surface area contributed by atoms with Gasteiger partial charge in [0.2, 0.25) is 0 Å². The van der Waals surface area contributed by atoms with Crippen molar-refractivity contribution in [2.24, 2.45) is 0 Å². The van der Waals surface area contributed by atoms with Crippen LogP contribution in [0, 0.1) is 3.57 Å². The lowest BCUT2D eigenvalue weighted by atomic mass is 10.1.